The van der Waals surface area contributed by atoms with Gasteiger partial charge in [-0.15, -0.1) is 11.3 Å². The summed E-state index contributed by atoms with van der Waals surface area (Å²) in [6.45, 7) is 3.26. The fraction of sp³-hybridized carbons (Fsp3) is 0.154. The monoisotopic (exact) mass is 513 g/mol. The quantitative estimate of drug-likeness (QED) is 0.284. The van der Waals surface area contributed by atoms with E-state index in [0.717, 1.165) is 53.9 Å². The molecule has 0 saturated carbocycles. The van der Waals surface area contributed by atoms with Crippen molar-refractivity contribution in [2.24, 2.45) is 0 Å². The summed E-state index contributed by atoms with van der Waals surface area (Å²) in [7, 11) is 0. The summed E-state index contributed by atoms with van der Waals surface area (Å²) < 4.78 is 7.43. The van der Waals surface area contributed by atoms with E-state index in [1.54, 1.807) is 24.4 Å². The van der Waals surface area contributed by atoms with E-state index < -0.39 is 6.09 Å². The van der Waals surface area contributed by atoms with E-state index in [-0.39, 0.29) is 0 Å². The van der Waals surface area contributed by atoms with Crippen molar-refractivity contribution < 1.29 is 14.6 Å². The van der Waals surface area contributed by atoms with Gasteiger partial charge < -0.3 is 20.1 Å². The second-order valence-electron chi connectivity index (χ2n) is 8.41. The highest BCUT2D eigenvalue weighted by Gasteiger charge is 2.19. The molecule has 3 N–H and O–H groups in total. The van der Waals surface area contributed by atoms with Gasteiger partial charge in [-0.05, 0) is 42.5 Å². The Morgan fingerprint density at radius 3 is 2.68 bits per heavy atom. The number of anilines is 4. The lowest BCUT2D eigenvalue weighted by Crippen LogP contribution is -2.36. The Bertz CT molecular complexity index is 1560. The Kier molecular flexibility index (Phi) is 6.13. The number of carboxylic acid groups (broad SMARTS) is 1. The number of fused-ring (bicyclic) bond motifs is 1. The molecule has 2 aromatic carbocycles. The first-order chi connectivity index (χ1) is 18.1. The smallest absolute Gasteiger partial charge is 0.409 e. The molecule has 3 aromatic heterocycles. The maximum Gasteiger partial charge on any atom is 0.409 e. The normalized spacial score (nSPS) is 13.6. The van der Waals surface area contributed by atoms with E-state index in [9.17, 15) is 4.79 Å². The molecule has 186 valence electrons. The molecule has 0 atom stereocenters. The molecule has 4 heterocycles. The van der Waals surface area contributed by atoms with Crippen LogP contribution in [0, 0.1) is 0 Å². The molecule has 6 rings (SSSR count). The maximum atomic E-state index is 11.1. The number of nitrogens with one attached hydrogen (secondary N) is 2. The van der Waals surface area contributed by atoms with Gasteiger partial charge in [-0.2, -0.15) is 0 Å². The van der Waals surface area contributed by atoms with Crippen molar-refractivity contribution in [3.05, 3.63) is 72.4 Å². The van der Waals surface area contributed by atoms with Gasteiger partial charge in [0, 0.05) is 53.5 Å². The van der Waals surface area contributed by atoms with Crippen molar-refractivity contribution in [1.29, 1.82) is 0 Å². The van der Waals surface area contributed by atoms with Crippen molar-refractivity contribution in [1.82, 2.24) is 19.4 Å². The zero-order valence-corrected chi connectivity index (χ0v) is 20.5. The highest BCUT2D eigenvalue weighted by molar-refractivity contribution is 7.15. The summed E-state index contributed by atoms with van der Waals surface area (Å²) in [5.74, 6) is 0.467. The average molecular weight is 514 g/mol. The Balaban J connectivity index is 1.31. The van der Waals surface area contributed by atoms with Crippen LogP contribution in [-0.2, 0) is 4.74 Å². The van der Waals surface area contributed by atoms with Crippen LogP contribution in [0.25, 0.3) is 27.6 Å². The van der Waals surface area contributed by atoms with Gasteiger partial charge in [0.1, 0.15) is 5.69 Å². The number of carbonyl (C=O) groups is 1. The SMILES string of the molecule is O=C(O)Nc1cccc(-c2nc3sccn3c2-c2ccnc(Nc3ccc(N4CCOCC4)cc3)n2)c1. The number of imidazole rings is 1. The number of thiazole rings is 1. The van der Waals surface area contributed by atoms with Crippen molar-refractivity contribution >= 4 is 45.4 Å². The van der Waals surface area contributed by atoms with Gasteiger partial charge in [0.05, 0.1) is 24.6 Å². The van der Waals surface area contributed by atoms with E-state index in [0.29, 0.717) is 23.0 Å². The van der Waals surface area contributed by atoms with Crippen LogP contribution >= 0.6 is 11.3 Å². The minimum absolute atomic E-state index is 0.467. The van der Waals surface area contributed by atoms with Crippen LogP contribution in [0.3, 0.4) is 0 Å². The summed E-state index contributed by atoms with van der Waals surface area (Å²) in [4.78, 5) is 28.3. The molecule has 0 bridgehead atoms. The third-order valence-electron chi connectivity index (χ3n) is 6.05. The van der Waals surface area contributed by atoms with E-state index in [2.05, 4.69) is 32.7 Å². The summed E-state index contributed by atoms with van der Waals surface area (Å²) in [5, 5.41) is 16.8. The van der Waals surface area contributed by atoms with E-state index in [1.165, 1.54) is 11.3 Å². The molecule has 1 aliphatic heterocycles. The second kappa shape index (κ2) is 9.88. The average Bonchev–Trinajstić information content (AvgIpc) is 3.51. The van der Waals surface area contributed by atoms with Crippen molar-refractivity contribution in [3.8, 4) is 22.6 Å². The predicted octanol–water partition coefficient (Wildman–Crippen LogP) is 5.19. The van der Waals surface area contributed by atoms with E-state index in [1.807, 2.05) is 40.2 Å². The molecule has 5 aromatic rings. The molecule has 0 radical (unpaired) electrons. The van der Waals surface area contributed by atoms with Gasteiger partial charge in [0.25, 0.3) is 0 Å². The van der Waals surface area contributed by atoms with E-state index in [4.69, 9.17) is 19.8 Å². The second-order valence-corrected chi connectivity index (χ2v) is 9.29. The van der Waals surface area contributed by atoms with Crippen molar-refractivity contribution in [3.63, 3.8) is 0 Å². The Hall–Kier alpha value is -4.48. The van der Waals surface area contributed by atoms with Gasteiger partial charge in [-0.25, -0.2) is 19.7 Å². The van der Waals surface area contributed by atoms with Crippen LogP contribution in [0.4, 0.5) is 27.8 Å². The highest BCUT2D eigenvalue weighted by Crippen LogP contribution is 2.35. The number of amides is 1. The van der Waals surface area contributed by atoms with E-state index >= 15 is 0 Å². The number of morpholine rings is 1. The lowest BCUT2D eigenvalue weighted by molar-refractivity contribution is 0.122. The Morgan fingerprint density at radius 1 is 1.03 bits per heavy atom. The zero-order valence-electron chi connectivity index (χ0n) is 19.7. The molecule has 1 saturated heterocycles. The fourth-order valence-electron chi connectivity index (χ4n) is 4.36. The first-order valence-corrected chi connectivity index (χ1v) is 12.6. The molecule has 1 amide bonds. The molecule has 0 unspecified atom stereocenters. The molecule has 10 nitrogen and oxygen atoms in total. The topological polar surface area (TPSA) is 117 Å². The van der Waals surface area contributed by atoms with Crippen LogP contribution in [0.15, 0.2) is 72.4 Å². The van der Waals surface area contributed by atoms with Crippen LogP contribution in [0.5, 0.6) is 0 Å². The lowest BCUT2D eigenvalue weighted by Gasteiger charge is -2.28. The summed E-state index contributed by atoms with van der Waals surface area (Å²) in [5.41, 5.74) is 5.50. The molecular formula is C26H23N7O3S. The number of ether oxygens (including phenoxy) is 1. The van der Waals surface area contributed by atoms with Gasteiger partial charge >= 0.3 is 6.09 Å². The van der Waals surface area contributed by atoms with Gasteiger partial charge in [-0.3, -0.25) is 9.72 Å². The van der Waals surface area contributed by atoms with Crippen molar-refractivity contribution in [2.45, 2.75) is 0 Å². The van der Waals surface area contributed by atoms with Crippen molar-refractivity contribution in [2.75, 3.05) is 41.8 Å². The summed E-state index contributed by atoms with van der Waals surface area (Å²) in [6.07, 6.45) is 2.54. The molecule has 11 heteroatoms. The molecule has 37 heavy (non-hydrogen) atoms. The standard InChI is InChI=1S/C26H23N7O3S/c34-26(35)29-19-3-1-2-17(16-19)22-23(33-12-15-37-25(33)31-22)21-8-9-27-24(30-21)28-18-4-6-20(7-5-18)32-10-13-36-14-11-32/h1-9,12,15-16,29H,10-11,13-14H2,(H,34,35)(H,27,28,30). The lowest BCUT2D eigenvalue weighted by atomic mass is 10.1. The van der Waals surface area contributed by atoms with Crippen LogP contribution in [-0.4, -0.2) is 56.9 Å². The fourth-order valence-corrected chi connectivity index (χ4v) is 5.07. The van der Waals surface area contributed by atoms with Gasteiger partial charge in [0.2, 0.25) is 5.95 Å². The summed E-state index contributed by atoms with van der Waals surface area (Å²) in [6, 6.07) is 17.2. The molecule has 1 aliphatic rings. The number of rotatable bonds is 6. The third kappa shape index (κ3) is 4.82. The van der Waals surface area contributed by atoms with Gasteiger partial charge in [-0.1, -0.05) is 12.1 Å². The van der Waals surface area contributed by atoms with Crippen LogP contribution < -0.4 is 15.5 Å². The minimum atomic E-state index is -1.12. The van der Waals surface area contributed by atoms with Crippen LogP contribution in [0.1, 0.15) is 0 Å². The number of hydrogen-bond acceptors (Lipinski definition) is 8. The van der Waals surface area contributed by atoms with Gasteiger partial charge in [0.15, 0.2) is 4.96 Å². The predicted molar refractivity (Wildman–Crippen MR) is 144 cm³/mol. The highest BCUT2D eigenvalue weighted by atomic mass is 32.1. The minimum Gasteiger partial charge on any atom is -0.465 e. The number of hydrogen-bond donors (Lipinski definition) is 3. The molecule has 1 fully saturated rings. The maximum absolute atomic E-state index is 11.1. The Labute approximate surface area is 216 Å². The molecule has 0 aliphatic carbocycles. The number of aromatic nitrogens is 4. The largest absolute Gasteiger partial charge is 0.465 e. The first-order valence-electron chi connectivity index (χ1n) is 11.7. The van der Waals surface area contributed by atoms with Crippen LogP contribution in [0.2, 0.25) is 0 Å². The first kappa shape index (κ1) is 23.0. The zero-order chi connectivity index (χ0) is 25.2. The summed E-state index contributed by atoms with van der Waals surface area (Å²) >= 11 is 1.52. The third-order valence-corrected chi connectivity index (χ3v) is 6.80. The number of nitrogens with zero attached hydrogens (tertiary/aromatic N) is 5. The molecule has 0 spiro atoms. The number of benzene rings is 2. The Morgan fingerprint density at radius 2 is 1.86 bits per heavy atom. The molecular weight excluding hydrogens is 490 g/mol.